The van der Waals surface area contributed by atoms with Gasteiger partial charge in [0.2, 0.25) is 0 Å². The second-order valence-corrected chi connectivity index (χ2v) is 13.5. The Balaban J connectivity index is 1.22. The van der Waals surface area contributed by atoms with Crippen molar-refractivity contribution in [3.8, 4) is 51.0 Å². The van der Waals surface area contributed by atoms with Crippen LogP contribution in [0, 0.1) is 0 Å². The lowest BCUT2D eigenvalue weighted by molar-refractivity contribution is 1.07. The van der Waals surface area contributed by atoms with Crippen LogP contribution in [-0.4, -0.2) is 19.5 Å². The third-order valence-electron chi connectivity index (χ3n) is 9.45. The van der Waals surface area contributed by atoms with Gasteiger partial charge in [0.25, 0.3) is 0 Å². The molecule has 10 aromatic rings. The van der Waals surface area contributed by atoms with Gasteiger partial charge >= 0.3 is 0 Å². The van der Waals surface area contributed by atoms with E-state index in [1.165, 1.54) is 53.1 Å². The molecule has 0 amide bonds. The van der Waals surface area contributed by atoms with Crippen LogP contribution in [0.4, 0.5) is 0 Å². The lowest BCUT2D eigenvalue weighted by Gasteiger charge is -2.13. The Labute approximate surface area is 292 Å². The van der Waals surface area contributed by atoms with Gasteiger partial charge < -0.3 is 4.57 Å². The number of hydrogen-bond donors (Lipinski definition) is 0. The van der Waals surface area contributed by atoms with Crippen molar-refractivity contribution in [3.63, 3.8) is 0 Å². The van der Waals surface area contributed by atoms with Gasteiger partial charge in [0.15, 0.2) is 17.5 Å². The summed E-state index contributed by atoms with van der Waals surface area (Å²) in [5, 5.41) is 4.93. The first kappa shape index (κ1) is 28.6. The summed E-state index contributed by atoms with van der Waals surface area (Å²) in [4.78, 5) is 15.0. The van der Waals surface area contributed by atoms with Gasteiger partial charge in [0.05, 0.1) is 11.0 Å². The van der Waals surface area contributed by atoms with Crippen LogP contribution in [0.2, 0.25) is 0 Å². The number of hydrogen-bond acceptors (Lipinski definition) is 4. The van der Waals surface area contributed by atoms with E-state index in [0.717, 1.165) is 22.4 Å². The molecule has 7 aromatic carbocycles. The van der Waals surface area contributed by atoms with Gasteiger partial charge in [-0.3, -0.25) is 0 Å². The van der Waals surface area contributed by atoms with E-state index < -0.39 is 0 Å². The van der Waals surface area contributed by atoms with Gasteiger partial charge in [-0.15, -0.1) is 11.3 Å². The maximum atomic E-state index is 5.04. The van der Waals surface area contributed by atoms with Crippen molar-refractivity contribution in [2.24, 2.45) is 0 Å². The molecule has 4 nitrogen and oxygen atoms in total. The second kappa shape index (κ2) is 11.6. The summed E-state index contributed by atoms with van der Waals surface area (Å²) in [6.07, 6.45) is 0. The van der Waals surface area contributed by atoms with Crippen molar-refractivity contribution >= 4 is 53.3 Å². The van der Waals surface area contributed by atoms with Gasteiger partial charge in [-0.25, -0.2) is 15.0 Å². The van der Waals surface area contributed by atoms with Crippen molar-refractivity contribution in [2.75, 3.05) is 0 Å². The summed E-state index contributed by atoms with van der Waals surface area (Å²) in [6.45, 7) is 0. The van der Waals surface area contributed by atoms with Crippen LogP contribution in [0.15, 0.2) is 170 Å². The molecule has 0 aliphatic rings. The van der Waals surface area contributed by atoms with E-state index in [1.807, 2.05) is 72.0 Å². The third kappa shape index (κ3) is 4.63. The summed E-state index contributed by atoms with van der Waals surface area (Å²) in [6, 6.07) is 59.7. The maximum absolute atomic E-state index is 5.04. The molecule has 0 aliphatic carbocycles. The highest BCUT2D eigenvalue weighted by Gasteiger charge is 2.20. The molecule has 0 fully saturated rings. The van der Waals surface area contributed by atoms with E-state index in [0.29, 0.717) is 17.5 Å². The highest BCUT2D eigenvalue weighted by Crippen LogP contribution is 2.45. The van der Waals surface area contributed by atoms with E-state index in [4.69, 9.17) is 15.0 Å². The molecule has 3 heterocycles. The van der Waals surface area contributed by atoms with Crippen molar-refractivity contribution in [1.29, 1.82) is 0 Å². The minimum atomic E-state index is 0.655. The van der Waals surface area contributed by atoms with Crippen molar-refractivity contribution in [1.82, 2.24) is 19.5 Å². The minimum Gasteiger partial charge on any atom is -0.309 e. The number of benzene rings is 7. The van der Waals surface area contributed by atoms with Crippen LogP contribution >= 0.6 is 11.3 Å². The molecule has 50 heavy (non-hydrogen) atoms. The maximum Gasteiger partial charge on any atom is 0.164 e. The Bertz CT molecular complexity index is 2800. The Morgan fingerprint density at radius 3 is 1.70 bits per heavy atom. The molecule has 0 N–H and O–H groups in total. The standard InChI is InChI=1S/C45H28N4S/c1-4-14-29(15-5-1)43-46-44(30-16-6-2-7-17-30)48-45(47-43)31-26-27-39-37(28-31)41-34(21-13-25-40(41)50-39)36-23-12-22-35-33-20-10-11-24-38(33)49(42(35)36)32-18-8-3-9-19-32/h1-28H. The third-order valence-corrected chi connectivity index (χ3v) is 10.6. The molecule has 10 rings (SSSR count). The van der Waals surface area contributed by atoms with Crippen LogP contribution in [0.1, 0.15) is 0 Å². The number of thiophene rings is 1. The first-order valence-electron chi connectivity index (χ1n) is 16.7. The predicted octanol–water partition coefficient (Wildman–Crippen LogP) is 12.0. The fourth-order valence-electron chi connectivity index (χ4n) is 7.21. The first-order valence-corrected chi connectivity index (χ1v) is 17.5. The first-order chi connectivity index (χ1) is 24.8. The Kier molecular flexibility index (Phi) is 6.64. The molecule has 0 saturated carbocycles. The van der Waals surface area contributed by atoms with E-state index in [9.17, 15) is 0 Å². The van der Waals surface area contributed by atoms with Gasteiger partial charge in [0, 0.05) is 58.9 Å². The number of para-hydroxylation sites is 3. The van der Waals surface area contributed by atoms with Crippen molar-refractivity contribution in [3.05, 3.63) is 170 Å². The van der Waals surface area contributed by atoms with E-state index in [-0.39, 0.29) is 0 Å². The lowest BCUT2D eigenvalue weighted by Crippen LogP contribution is -2.00. The van der Waals surface area contributed by atoms with Crippen LogP contribution in [0.3, 0.4) is 0 Å². The van der Waals surface area contributed by atoms with Gasteiger partial charge in [-0.1, -0.05) is 127 Å². The Morgan fingerprint density at radius 2 is 0.980 bits per heavy atom. The second-order valence-electron chi connectivity index (χ2n) is 12.4. The zero-order valence-electron chi connectivity index (χ0n) is 26.9. The van der Waals surface area contributed by atoms with Gasteiger partial charge in [-0.05, 0) is 48.0 Å². The number of nitrogens with zero attached hydrogens (tertiary/aromatic N) is 4. The molecule has 0 unspecified atom stereocenters. The summed E-state index contributed by atoms with van der Waals surface area (Å²) in [5.74, 6) is 1.97. The largest absolute Gasteiger partial charge is 0.309 e. The molecule has 5 heteroatoms. The predicted molar refractivity (Wildman–Crippen MR) is 209 cm³/mol. The fraction of sp³-hybridized carbons (Fsp3) is 0. The average Bonchev–Trinajstić information content (AvgIpc) is 3.74. The zero-order valence-corrected chi connectivity index (χ0v) is 27.7. The number of fused-ring (bicyclic) bond motifs is 6. The Hall–Kier alpha value is -6.43. The zero-order chi connectivity index (χ0) is 33.0. The molecule has 234 valence electrons. The summed E-state index contributed by atoms with van der Waals surface area (Å²) < 4.78 is 4.90. The van der Waals surface area contributed by atoms with Crippen LogP contribution in [0.5, 0.6) is 0 Å². The summed E-state index contributed by atoms with van der Waals surface area (Å²) in [5.41, 5.74) is 8.84. The average molecular weight is 657 g/mol. The van der Waals surface area contributed by atoms with E-state index >= 15 is 0 Å². The fourth-order valence-corrected chi connectivity index (χ4v) is 8.32. The highest BCUT2D eigenvalue weighted by molar-refractivity contribution is 7.26. The molecule has 0 aliphatic heterocycles. The normalized spacial score (nSPS) is 11.6. The smallest absolute Gasteiger partial charge is 0.164 e. The van der Waals surface area contributed by atoms with Crippen molar-refractivity contribution in [2.45, 2.75) is 0 Å². The van der Waals surface area contributed by atoms with Gasteiger partial charge in [0.1, 0.15) is 0 Å². The van der Waals surface area contributed by atoms with Crippen molar-refractivity contribution < 1.29 is 0 Å². The highest BCUT2D eigenvalue weighted by atomic mass is 32.1. The van der Waals surface area contributed by atoms with Crippen LogP contribution in [0.25, 0.3) is 93.0 Å². The lowest BCUT2D eigenvalue weighted by atomic mass is 9.96. The van der Waals surface area contributed by atoms with E-state index in [1.54, 1.807) is 0 Å². The minimum absolute atomic E-state index is 0.655. The SMILES string of the molecule is c1ccc(-c2nc(-c3ccccc3)nc(-c3ccc4sc5cccc(-c6cccc7c8ccccc8n(-c8ccccc8)c67)c5c4c3)n2)cc1. The molecule has 0 radical (unpaired) electrons. The summed E-state index contributed by atoms with van der Waals surface area (Å²) in [7, 11) is 0. The summed E-state index contributed by atoms with van der Waals surface area (Å²) >= 11 is 1.83. The van der Waals surface area contributed by atoms with Gasteiger partial charge in [-0.2, -0.15) is 0 Å². The molecule has 0 spiro atoms. The number of aromatic nitrogens is 4. The monoisotopic (exact) mass is 656 g/mol. The Morgan fingerprint density at radius 1 is 0.400 bits per heavy atom. The van der Waals surface area contributed by atoms with Crippen LogP contribution in [-0.2, 0) is 0 Å². The molecule has 3 aromatic heterocycles. The van der Waals surface area contributed by atoms with E-state index in [2.05, 4.69) is 114 Å². The molecular formula is C45H28N4S. The molecule has 0 atom stereocenters. The molecule has 0 bridgehead atoms. The quantitative estimate of drug-likeness (QED) is 0.185. The van der Waals surface area contributed by atoms with Crippen LogP contribution < -0.4 is 0 Å². The number of rotatable bonds is 5. The molecule has 0 saturated heterocycles. The molecular weight excluding hydrogens is 629 g/mol. The topological polar surface area (TPSA) is 43.6 Å².